The minimum Gasteiger partial charge on any atom is -0.494 e. The minimum absolute atomic E-state index is 0.363. The Hall–Kier alpha value is -5.45. The fourth-order valence-corrected chi connectivity index (χ4v) is 5.67. The molecule has 0 N–H and O–H groups in total. The van der Waals surface area contributed by atoms with Crippen molar-refractivity contribution < 1.29 is 19.0 Å². The van der Waals surface area contributed by atoms with Crippen LogP contribution in [0, 0.1) is 23.7 Å². The van der Waals surface area contributed by atoms with Crippen LogP contribution in [0.4, 0.5) is 0 Å². The zero-order valence-electron chi connectivity index (χ0n) is 29.4. The van der Waals surface area contributed by atoms with Crippen LogP contribution in [0.15, 0.2) is 104 Å². The number of hydrogen-bond acceptors (Lipinski definition) is 4. The highest BCUT2D eigenvalue weighted by molar-refractivity contribution is 5.86. The lowest BCUT2D eigenvalue weighted by Crippen LogP contribution is -2.02. The molecule has 4 nitrogen and oxygen atoms in total. The van der Waals surface area contributed by atoms with Gasteiger partial charge in [-0.25, -0.2) is 4.79 Å². The Balaban J connectivity index is 1.16. The van der Waals surface area contributed by atoms with Gasteiger partial charge in [-0.1, -0.05) is 81.2 Å². The van der Waals surface area contributed by atoms with Gasteiger partial charge in [-0.05, 0) is 132 Å². The van der Waals surface area contributed by atoms with Crippen LogP contribution in [-0.4, -0.2) is 25.8 Å². The molecule has 5 rings (SSSR count). The molecule has 0 unspecified atom stereocenters. The highest BCUT2D eigenvalue weighted by Gasteiger charge is 2.03. The Labute approximate surface area is 297 Å². The van der Waals surface area contributed by atoms with Gasteiger partial charge in [0, 0.05) is 28.3 Å². The summed E-state index contributed by atoms with van der Waals surface area (Å²) in [5, 5.41) is 4.57. The first-order chi connectivity index (χ1) is 24.5. The SMILES string of the molecule is C=CC(=O)OCCCCCCOc1ccc2cc(C#Cc3ccc(C#Cc4ccc5cc(OCCCCC)ccc5c4)c(CC)c3)ccc2c1. The third kappa shape index (κ3) is 10.8. The van der Waals surface area contributed by atoms with E-state index in [0.29, 0.717) is 13.2 Å². The summed E-state index contributed by atoms with van der Waals surface area (Å²) < 4.78 is 16.9. The van der Waals surface area contributed by atoms with E-state index in [1.165, 1.54) is 24.5 Å². The van der Waals surface area contributed by atoms with Crippen molar-refractivity contribution in [1.82, 2.24) is 0 Å². The third-order valence-electron chi connectivity index (χ3n) is 8.54. The number of rotatable bonds is 15. The smallest absolute Gasteiger partial charge is 0.330 e. The lowest BCUT2D eigenvalue weighted by molar-refractivity contribution is -0.137. The fourth-order valence-electron chi connectivity index (χ4n) is 5.67. The predicted octanol–water partition coefficient (Wildman–Crippen LogP) is 10.6. The second kappa shape index (κ2) is 18.9. The molecule has 0 aliphatic rings. The van der Waals surface area contributed by atoms with Crippen LogP contribution >= 0.6 is 0 Å². The van der Waals surface area contributed by atoms with Gasteiger partial charge in [-0.2, -0.15) is 0 Å². The summed E-state index contributed by atoms with van der Waals surface area (Å²) in [4.78, 5) is 11.1. The van der Waals surface area contributed by atoms with Crippen molar-refractivity contribution in [3.05, 3.63) is 131 Å². The third-order valence-corrected chi connectivity index (χ3v) is 8.54. The van der Waals surface area contributed by atoms with Crippen molar-refractivity contribution in [2.75, 3.05) is 19.8 Å². The molecule has 0 amide bonds. The van der Waals surface area contributed by atoms with E-state index in [9.17, 15) is 4.79 Å². The number of esters is 1. The van der Waals surface area contributed by atoms with E-state index in [0.717, 1.165) is 100 Å². The van der Waals surface area contributed by atoms with Crippen molar-refractivity contribution in [1.29, 1.82) is 0 Å². The van der Waals surface area contributed by atoms with E-state index in [1.807, 2.05) is 12.1 Å². The Bertz CT molecular complexity index is 2050. The van der Waals surface area contributed by atoms with E-state index < -0.39 is 0 Å². The molecule has 0 heterocycles. The average Bonchev–Trinajstić information content (AvgIpc) is 3.15. The van der Waals surface area contributed by atoms with Crippen molar-refractivity contribution in [3.8, 4) is 35.2 Å². The highest BCUT2D eigenvalue weighted by Crippen LogP contribution is 2.24. The van der Waals surface area contributed by atoms with Crippen LogP contribution in [0.25, 0.3) is 21.5 Å². The van der Waals surface area contributed by atoms with Gasteiger partial charge in [0.05, 0.1) is 19.8 Å². The molecule has 254 valence electrons. The molecule has 5 aromatic carbocycles. The quantitative estimate of drug-likeness (QED) is 0.0484. The summed E-state index contributed by atoms with van der Waals surface area (Å²) in [6.07, 6.45) is 9.38. The monoisotopic (exact) mass is 662 g/mol. The van der Waals surface area contributed by atoms with Crippen LogP contribution < -0.4 is 9.47 Å². The number of carbonyl (C=O) groups is 1. The van der Waals surface area contributed by atoms with Crippen LogP contribution in [0.2, 0.25) is 0 Å². The highest BCUT2D eigenvalue weighted by atomic mass is 16.5. The van der Waals surface area contributed by atoms with Crippen molar-refractivity contribution in [2.24, 2.45) is 0 Å². The molecule has 0 saturated carbocycles. The van der Waals surface area contributed by atoms with Gasteiger partial charge in [0.15, 0.2) is 0 Å². The zero-order valence-corrected chi connectivity index (χ0v) is 29.4. The van der Waals surface area contributed by atoms with Gasteiger partial charge < -0.3 is 14.2 Å². The Morgan fingerprint density at radius 1 is 0.580 bits per heavy atom. The second-order valence-electron chi connectivity index (χ2n) is 12.4. The lowest BCUT2D eigenvalue weighted by Gasteiger charge is -2.08. The molecule has 0 atom stereocenters. The summed E-state index contributed by atoms with van der Waals surface area (Å²) >= 11 is 0. The fraction of sp³-hybridized carbons (Fsp3) is 0.283. The number of ether oxygens (including phenoxy) is 3. The molecule has 0 radical (unpaired) electrons. The van der Waals surface area contributed by atoms with Gasteiger partial charge in [-0.15, -0.1) is 0 Å². The van der Waals surface area contributed by atoms with E-state index in [1.54, 1.807) is 0 Å². The molecular weight excluding hydrogens is 617 g/mol. The summed E-state index contributed by atoms with van der Waals surface area (Å²) in [6.45, 7) is 9.62. The summed E-state index contributed by atoms with van der Waals surface area (Å²) in [5.41, 5.74) is 5.16. The Kier molecular flexibility index (Phi) is 13.6. The Morgan fingerprint density at radius 3 is 1.66 bits per heavy atom. The molecule has 50 heavy (non-hydrogen) atoms. The normalized spacial score (nSPS) is 10.5. The average molecular weight is 663 g/mol. The Morgan fingerprint density at radius 2 is 1.08 bits per heavy atom. The standard InChI is InChI=1S/C46H46O4/c1-4-7-10-27-48-44-25-24-41-32-37(18-22-43(41)33-44)16-20-39-19-15-35(30-38(39)5-2)13-14-36-17-21-42-34-45(26-23-40(42)31-36)49-28-11-8-9-12-29-50-46(47)6-3/h6,15,17-19,21-26,30-34H,3-5,7-12,27-29H2,1-2H3. The van der Waals surface area contributed by atoms with Gasteiger partial charge in [0.25, 0.3) is 0 Å². The number of aryl methyl sites for hydroxylation is 1. The van der Waals surface area contributed by atoms with Crippen molar-refractivity contribution in [2.45, 2.75) is 65.2 Å². The molecule has 0 aliphatic heterocycles. The van der Waals surface area contributed by atoms with Crippen LogP contribution in [0.1, 0.15) is 86.6 Å². The van der Waals surface area contributed by atoms with Gasteiger partial charge in [0.2, 0.25) is 0 Å². The maximum absolute atomic E-state index is 11.1. The molecular formula is C46H46O4. The largest absolute Gasteiger partial charge is 0.494 e. The van der Waals surface area contributed by atoms with E-state index in [4.69, 9.17) is 14.2 Å². The maximum Gasteiger partial charge on any atom is 0.330 e. The first-order valence-electron chi connectivity index (χ1n) is 17.8. The van der Waals surface area contributed by atoms with Gasteiger partial charge in [0.1, 0.15) is 11.5 Å². The van der Waals surface area contributed by atoms with Crippen molar-refractivity contribution in [3.63, 3.8) is 0 Å². The number of fused-ring (bicyclic) bond motifs is 2. The summed E-state index contributed by atoms with van der Waals surface area (Å²) in [7, 11) is 0. The molecule has 0 bridgehead atoms. The van der Waals surface area contributed by atoms with Gasteiger partial charge in [-0.3, -0.25) is 0 Å². The second-order valence-corrected chi connectivity index (χ2v) is 12.4. The number of unbranched alkanes of at least 4 members (excludes halogenated alkanes) is 5. The van der Waals surface area contributed by atoms with E-state index in [2.05, 4.69) is 123 Å². The lowest BCUT2D eigenvalue weighted by atomic mass is 10.0. The molecule has 4 heteroatoms. The van der Waals surface area contributed by atoms with Crippen LogP contribution in [0.3, 0.4) is 0 Å². The zero-order chi connectivity index (χ0) is 35.0. The topological polar surface area (TPSA) is 44.8 Å². The molecule has 0 aliphatic carbocycles. The molecule has 0 spiro atoms. The van der Waals surface area contributed by atoms with Crippen LogP contribution in [0.5, 0.6) is 11.5 Å². The molecule has 0 aromatic heterocycles. The van der Waals surface area contributed by atoms with E-state index in [-0.39, 0.29) is 5.97 Å². The number of benzene rings is 5. The molecule has 5 aromatic rings. The first-order valence-corrected chi connectivity index (χ1v) is 17.8. The predicted molar refractivity (Wildman–Crippen MR) is 206 cm³/mol. The molecule has 0 saturated heterocycles. The molecule has 0 fully saturated rings. The number of carbonyl (C=O) groups excluding carboxylic acids is 1. The number of hydrogen-bond donors (Lipinski definition) is 0. The summed E-state index contributed by atoms with van der Waals surface area (Å²) in [5.74, 6) is 14.9. The van der Waals surface area contributed by atoms with Gasteiger partial charge >= 0.3 is 5.97 Å². The van der Waals surface area contributed by atoms with Crippen LogP contribution in [-0.2, 0) is 16.0 Å². The van der Waals surface area contributed by atoms with E-state index >= 15 is 0 Å². The first kappa shape index (κ1) is 35.8. The minimum atomic E-state index is -0.363. The van der Waals surface area contributed by atoms with Crippen molar-refractivity contribution >= 4 is 27.5 Å². The maximum atomic E-state index is 11.1. The summed E-state index contributed by atoms with van der Waals surface area (Å²) in [6, 6.07) is 31.4.